The topological polar surface area (TPSA) is 73.1 Å². The molecule has 3 aromatic rings. The third kappa shape index (κ3) is 4.14. The normalized spacial score (nSPS) is 18.3. The molecular formula is C21H21ClFN5O2. The number of amides is 1. The fourth-order valence-corrected chi connectivity index (χ4v) is 3.51. The van der Waals surface area contributed by atoms with Crippen LogP contribution in [0.15, 0.2) is 49.1 Å². The minimum absolute atomic E-state index is 0.00831. The Morgan fingerprint density at radius 1 is 1.23 bits per heavy atom. The van der Waals surface area contributed by atoms with Crippen LogP contribution in [0.4, 0.5) is 15.0 Å². The first-order chi connectivity index (χ1) is 14.4. The van der Waals surface area contributed by atoms with Crippen molar-refractivity contribution in [3.63, 3.8) is 0 Å². The van der Waals surface area contributed by atoms with Crippen LogP contribution in [-0.2, 0) is 11.2 Å². The number of hydrogen-bond donors (Lipinski definition) is 0. The standard InChI is InChI=1S/C21H21ClFN5O2/c1-13(17-10-27(12-25-17)16-5-3-15(22)4-6-16)9-19-24-8-7-20(26-19)28-18(14(2)23)11-30-21(28)29/h3-8,10,12-14,18H,9,11H2,1-2H3/t13-,14+,18-/m1/s1. The van der Waals surface area contributed by atoms with Crippen molar-refractivity contribution in [2.24, 2.45) is 0 Å². The number of cyclic esters (lactones) is 1. The molecule has 1 fully saturated rings. The maximum Gasteiger partial charge on any atom is 0.416 e. The summed E-state index contributed by atoms with van der Waals surface area (Å²) in [5, 5.41) is 0.677. The van der Waals surface area contributed by atoms with Gasteiger partial charge in [0.15, 0.2) is 0 Å². The summed E-state index contributed by atoms with van der Waals surface area (Å²) >= 11 is 5.95. The Morgan fingerprint density at radius 3 is 2.73 bits per heavy atom. The van der Waals surface area contributed by atoms with E-state index < -0.39 is 18.3 Å². The Kier molecular flexibility index (Phi) is 5.67. The van der Waals surface area contributed by atoms with Crippen LogP contribution in [0.3, 0.4) is 0 Å². The number of carbonyl (C=O) groups excluding carboxylic acids is 1. The van der Waals surface area contributed by atoms with Crippen molar-refractivity contribution < 1.29 is 13.9 Å². The lowest BCUT2D eigenvalue weighted by molar-refractivity contribution is 0.174. The Morgan fingerprint density at radius 2 is 2.00 bits per heavy atom. The molecule has 0 spiro atoms. The van der Waals surface area contributed by atoms with E-state index in [0.29, 0.717) is 23.1 Å². The van der Waals surface area contributed by atoms with Gasteiger partial charge in [0.1, 0.15) is 30.5 Å². The second-order valence-electron chi connectivity index (χ2n) is 7.31. The van der Waals surface area contributed by atoms with Gasteiger partial charge in [-0.25, -0.2) is 24.1 Å². The molecule has 0 aliphatic carbocycles. The highest BCUT2D eigenvalue weighted by molar-refractivity contribution is 6.30. The zero-order valence-electron chi connectivity index (χ0n) is 16.6. The minimum Gasteiger partial charge on any atom is -0.447 e. The zero-order chi connectivity index (χ0) is 21.3. The van der Waals surface area contributed by atoms with Gasteiger partial charge in [-0.15, -0.1) is 0 Å². The summed E-state index contributed by atoms with van der Waals surface area (Å²) in [4.78, 5) is 26.6. The minimum atomic E-state index is -1.23. The van der Waals surface area contributed by atoms with E-state index in [4.69, 9.17) is 16.3 Å². The first-order valence-electron chi connectivity index (χ1n) is 9.64. The molecule has 0 radical (unpaired) electrons. The summed E-state index contributed by atoms with van der Waals surface area (Å²) in [6.45, 7) is 3.44. The van der Waals surface area contributed by atoms with Gasteiger partial charge in [-0.2, -0.15) is 0 Å². The molecular weight excluding hydrogens is 409 g/mol. The van der Waals surface area contributed by atoms with Crippen molar-refractivity contribution in [1.29, 1.82) is 0 Å². The number of anilines is 1. The van der Waals surface area contributed by atoms with Crippen LogP contribution in [0, 0.1) is 0 Å². The van der Waals surface area contributed by atoms with Crippen LogP contribution >= 0.6 is 11.6 Å². The molecule has 156 valence electrons. The molecule has 0 N–H and O–H groups in total. The van der Waals surface area contributed by atoms with E-state index >= 15 is 0 Å². The lowest BCUT2D eigenvalue weighted by Crippen LogP contribution is -2.39. The lowest BCUT2D eigenvalue weighted by atomic mass is 10.0. The summed E-state index contributed by atoms with van der Waals surface area (Å²) in [5.74, 6) is 0.928. The summed E-state index contributed by atoms with van der Waals surface area (Å²) in [6.07, 6.45) is 3.97. The Bertz CT molecular complexity index is 1040. The molecule has 1 aromatic carbocycles. The molecule has 1 aliphatic rings. The summed E-state index contributed by atoms with van der Waals surface area (Å²) in [6, 6.07) is 8.39. The highest BCUT2D eigenvalue weighted by Crippen LogP contribution is 2.25. The summed E-state index contributed by atoms with van der Waals surface area (Å²) < 4.78 is 20.8. The van der Waals surface area contributed by atoms with E-state index in [-0.39, 0.29) is 12.5 Å². The summed E-state index contributed by atoms with van der Waals surface area (Å²) in [7, 11) is 0. The fourth-order valence-electron chi connectivity index (χ4n) is 3.38. The lowest BCUT2D eigenvalue weighted by Gasteiger charge is -2.21. The van der Waals surface area contributed by atoms with Crippen molar-refractivity contribution in [3.05, 3.63) is 65.6 Å². The van der Waals surface area contributed by atoms with E-state index in [2.05, 4.69) is 15.0 Å². The number of nitrogens with zero attached hydrogens (tertiary/aromatic N) is 5. The Balaban J connectivity index is 1.50. The maximum absolute atomic E-state index is 13.9. The highest BCUT2D eigenvalue weighted by Gasteiger charge is 2.39. The second kappa shape index (κ2) is 8.39. The molecule has 7 nitrogen and oxygen atoms in total. The molecule has 0 bridgehead atoms. The highest BCUT2D eigenvalue weighted by atomic mass is 35.5. The van der Waals surface area contributed by atoms with Crippen molar-refractivity contribution in [2.45, 2.75) is 38.4 Å². The number of halogens is 2. The third-order valence-corrected chi connectivity index (χ3v) is 5.35. The molecule has 3 atom stereocenters. The van der Waals surface area contributed by atoms with Gasteiger partial charge >= 0.3 is 6.09 Å². The largest absolute Gasteiger partial charge is 0.447 e. The molecule has 3 heterocycles. The number of imidazole rings is 1. The van der Waals surface area contributed by atoms with E-state index in [0.717, 1.165) is 11.4 Å². The number of ether oxygens (including phenoxy) is 1. The molecule has 1 aliphatic heterocycles. The van der Waals surface area contributed by atoms with Crippen LogP contribution in [-0.4, -0.2) is 44.4 Å². The second-order valence-corrected chi connectivity index (χ2v) is 7.75. The molecule has 4 rings (SSSR count). The first-order valence-corrected chi connectivity index (χ1v) is 10.0. The van der Waals surface area contributed by atoms with Gasteiger partial charge in [0.25, 0.3) is 0 Å². The average Bonchev–Trinajstić information content (AvgIpc) is 3.36. The number of aromatic nitrogens is 4. The molecule has 1 amide bonds. The van der Waals surface area contributed by atoms with Crippen molar-refractivity contribution in [1.82, 2.24) is 19.5 Å². The van der Waals surface area contributed by atoms with Crippen molar-refractivity contribution in [2.75, 3.05) is 11.5 Å². The maximum atomic E-state index is 13.9. The predicted octanol–water partition coefficient (Wildman–Crippen LogP) is 4.35. The van der Waals surface area contributed by atoms with E-state index in [1.807, 2.05) is 42.0 Å². The van der Waals surface area contributed by atoms with E-state index in [1.165, 1.54) is 11.8 Å². The van der Waals surface area contributed by atoms with Gasteiger partial charge in [-0.05, 0) is 37.3 Å². The molecule has 2 aromatic heterocycles. The van der Waals surface area contributed by atoms with Gasteiger partial charge in [0.05, 0.1) is 12.0 Å². The van der Waals surface area contributed by atoms with Crippen LogP contribution in [0.25, 0.3) is 5.69 Å². The third-order valence-electron chi connectivity index (χ3n) is 5.09. The molecule has 0 saturated carbocycles. The van der Waals surface area contributed by atoms with Crippen LogP contribution in [0.2, 0.25) is 5.02 Å². The SMILES string of the molecule is C[C@H](Cc1nccc(N2C(=O)OC[C@@H]2[C@H](C)F)n1)c1cn(-c2ccc(Cl)cc2)cn1. The quantitative estimate of drug-likeness (QED) is 0.582. The van der Waals surface area contributed by atoms with Gasteiger partial charge in [0.2, 0.25) is 0 Å². The predicted molar refractivity (Wildman–Crippen MR) is 111 cm³/mol. The van der Waals surface area contributed by atoms with Gasteiger partial charge in [-0.3, -0.25) is 4.90 Å². The van der Waals surface area contributed by atoms with Gasteiger partial charge in [-0.1, -0.05) is 18.5 Å². The van der Waals surface area contributed by atoms with Gasteiger partial charge in [0, 0.05) is 35.4 Å². The number of carbonyl (C=O) groups is 1. The average molecular weight is 430 g/mol. The van der Waals surface area contributed by atoms with Crippen LogP contribution < -0.4 is 4.90 Å². The van der Waals surface area contributed by atoms with E-state index in [1.54, 1.807) is 18.6 Å². The fraction of sp³-hybridized carbons (Fsp3) is 0.333. The number of rotatable bonds is 6. The number of benzene rings is 1. The zero-order valence-corrected chi connectivity index (χ0v) is 17.3. The Hall–Kier alpha value is -3.00. The first kappa shape index (κ1) is 20.3. The number of alkyl halides is 1. The molecule has 30 heavy (non-hydrogen) atoms. The number of hydrogen-bond acceptors (Lipinski definition) is 5. The van der Waals surface area contributed by atoms with Crippen LogP contribution in [0.1, 0.15) is 31.3 Å². The molecule has 9 heteroatoms. The Labute approximate surface area is 178 Å². The summed E-state index contributed by atoms with van der Waals surface area (Å²) in [5.41, 5.74) is 1.84. The van der Waals surface area contributed by atoms with Crippen molar-refractivity contribution >= 4 is 23.5 Å². The monoisotopic (exact) mass is 429 g/mol. The van der Waals surface area contributed by atoms with Crippen molar-refractivity contribution in [3.8, 4) is 5.69 Å². The van der Waals surface area contributed by atoms with Crippen LogP contribution in [0.5, 0.6) is 0 Å². The molecule has 1 saturated heterocycles. The smallest absolute Gasteiger partial charge is 0.416 e. The van der Waals surface area contributed by atoms with Gasteiger partial charge < -0.3 is 9.30 Å². The molecule has 0 unspecified atom stereocenters. The van der Waals surface area contributed by atoms with E-state index in [9.17, 15) is 9.18 Å².